The Hall–Kier alpha value is -3.05. The Balaban J connectivity index is 1.65. The normalized spacial score (nSPS) is 10.4. The number of thioether (sulfide) groups is 1. The number of Topliss-reactive ketones (excluding diaryl/α,β-unsaturated/α-hetero) is 1. The van der Waals surface area contributed by atoms with Crippen molar-refractivity contribution in [1.29, 1.82) is 0 Å². The third kappa shape index (κ3) is 5.96. The van der Waals surface area contributed by atoms with E-state index in [2.05, 4.69) is 5.32 Å². The number of carbonyl (C=O) groups is 2. The molecular weight excluding hydrogens is 382 g/mol. The van der Waals surface area contributed by atoms with E-state index >= 15 is 0 Å². The van der Waals surface area contributed by atoms with Gasteiger partial charge in [-0.05, 0) is 36.8 Å². The maximum absolute atomic E-state index is 12.7. The highest BCUT2D eigenvalue weighted by atomic mass is 32.2. The minimum atomic E-state index is -0.214. The first-order chi connectivity index (χ1) is 14.2. The van der Waals surface area contributed by atoms with E-state index in [1.807, 2.05) is 73.7 Å². The number of benzene rings is 3. The summed E-state index contributed by atoms with van der Waals surface area (Å²) in [5.74, 6) is 0.825. The van der Waals surface area contributed by atoms with Crippen molar-refractivity contribution in [1.82, 2.24) is 0 Å². The number of carbonyl (C=O) groups excluding carboxylic acids is 2. The molecule has 3 aromatic rings. The largest absolute Gasteiger partial charge is 0.491 e. The van der Waals surface area contributed by atoms with Crippen LogP contribution in [0.25, 0.3) is 0 Å². The zero-order chi connectivity index (χ0) is 20.5. The molecule has 0 atom stereocenters. The number of nitrogens with one attached hydrogen (secondary N) is 1. The van der Waals surface area contributed by atoms with Crippen molar-refractivity contribution in [2.75, 3.05) is 17.7 Å². The Labute approximate surface area is 175 Å². The van der Waals surface area contributed by atoms with E-state index in [4.69, 9.17) is 4.74 Å². The lowest BCUT2D eigenvalue weighted by Crippen LogP contribution is -2.13. The van der Waals surface area contributed by atoms with Crippen molar-refractivity contribution < 1.29 is 14.3 Å². The van der Waals surface area contributed by atoms with Gasteiger partial charge in [0.25, 0.3) is 5.91 Å². The fourth-order valence-electron chi connectivity index (χ4n) is 2.69. The van der Waals surface area contributed by atoms with E-state index < -0.39 is 0 Å². The molecule has 5 heteroatoms. The number of ether oxygens (including phenoxy) is 1. The van der Waals surface area contributed by atoms with Gasteiger partial charge in [-0.2, -0.15) is 0 Å². The summed E-state index contributed by atoms with van der Waals surface area (Å²) in [5.41, 5.74) is 1.87. The lowest BCUT2D eigenvalue weighted by Gasteiger charge is -2.12. The highest BCUT2D eigenvalue weighted by molar-refractivity contribution is 8.00. The Kier molecular flexibility index (Phi) is 7.47. The second kappa shape index (κ2) is 10.5. The molecule has 148 valence electrons. The van der Waals surface area contributed by atoms with Crippen LogP contribution in [-0.2, 0) is 0 Å². The quantitative estimate of drug-likeness (QED) is 0.366. The summed E-state index contributed by atoms with van der Waals surface area (Å²) in [7, 11) is 0. The molecule has 1 N–H and O–H groups in total. The number of para-hydroxylation sites is 2. The molecule has 3 rings (SSSR count). The van der Waals surface area contributed by atoms with Crippen LogP contribution in [0.1, 0.15) is 34.1 Å². The Morgan fingerprint density at radius 1 is 0.897 bits per heavy atom. The molecule has 1 amide bonds. The summed E-state index contributed by atoms with van der Waals surface area (Å²) in [6.45, 7) is 2.63. The first kappa shape index (κ1) is 20.7. The number of hydrogen-bond donors (Lipinski definition) is 1. The van der Waals surface area contributed by atoms with E-state index in [0.29, 0.717) is 34.9 Å². The summed E-state index contributed by atoms with van der Waals surface area (Å²) in [4.78, 5) is 25.9. The van der Waals surface area contributed by atoms with E-state index in [0.717, 1.165) is 11.3 Å². The molecular formula is C24H23NO3S. The maximum Gasteiger partial charge on any atom is 0.255 e. The van der Waals surface area contributed by atoms with Crippen molar-refractivity contribution in [3.05, 3.63) is 90.0 Å². The average Bonchev–Trinajstić information content (AvgIpc) is 2.77. The lowest BCUT2D eigenvalue weighted by molar-refractivity contribution is 0.101. The predicted molar refractivity (Wildman–Crippen MR) is 118 cm³/mol. The van der Waals surface area contributed by atoms with Crippen LogP contribution in [0.5, 0.6) is 5.75 Å². The Morgan fingerprint density at radius 2 is 1.62 bits per heavy atom. The number of rotatable bonds is 9. The molecule has 0 saturated carbocycles. The molecule has 0 aromatic heterocycles. The molecule has 3 aromatic carbocycles. The fraction of sp³-hybridized carbons (Fsp3) is 0.167. The molecule has 0 bridgehead atoms. The molecule has 0 aliphatic carbocycles. The van der Waals surface area contributed by atoms with E-state index in [1.54, 1.807) is 12.1 Å². The van der Waals surface area contributed by atoms with Gasteiger partial charge >= 0.3 is 0 Å². The first-order valence-corrected chi connectivity index (χ1v) is 10.5. The van der Waals surface area contributed by atoms with Gasteiger partial charge in [-0.1, -0.05) is 55.5 Å². The van der Waals surface area contributed by atoms with Crippen molar-refractivity contribution in [2.24, 2.45) is 0 Å². The molecule has 0 fully saturated rings. The first-order valence-electron chi connectivity index (χ1n) is 9.51. The summed E-state index contributed by atoms with van der Waals surface area (Å²) in [6, 6.07) is 23.9. The predicted octanol–water partition coefficient (Wildman–Crippen LogP) is 5.70. The molecule has 0 unspecified atom stereocenters. The molecule has 0 radical (unpaired) electrons. The van der Waals surface area contributed by atoms with Crippen molar-refractivity contribution in [3.8, 4) is 5.75 Å². The third-order valence-corrected chi connectivity index (χ3v) is 5.15. The van der Waals surface area contributed by atoms with Gasteiger partial charge in [0.1, 0.15) is 5.75 Å². The van der Waals surface area contributed by atoms with E-state index in [-0.39, 0.29) is 11.7 Å². The van der Waals surface area contributed by atoms with Gasteiger partial charge in [-0.15, -0.1) is 11.8 Å². The minimum Gasteiger partial charge on any atom is -0.491 e. The summed E-state index contributed by atoms with van der Waals surface area (Å²) >= 11 is 1.42. The molecule has 0 saturated heterocycles. The van der Waals surface area contributed by atoms with Gasteiger partial charge in [0.05, 0.1) is 18.0 Å². The van der Waals surface area contributed by atoms with E-state index in [1.165, 1.54) is 11.8 Å². The monoisotopic (exact) mass is 405 g/mol. The van der Waals surface area contributed by atoms with Crippen molar-refractivity contribution in [2.45, 2.75) is 18.2 Å². The average molecular weight is 406 g/mol. The van der Waals surface area contributed by atoms with Gasteiger partial charge in [-0.3, -0.25) is 9.59 Å². The molecule has 0 spiro atoms. The van der Waals surface area contributed by atoms with Crippen LogP contribution in [0, 0.1) is 0 Å². The number of anilines is 1. The standard InChI is InChI=1S/C24H23NO3S/c1-2-15-28-23-14-7-6-13-21(23)25-24(27)19-11-8-12-20(16-19)29-17-22(26)18-9-4-3-5-10-18/h3-14,16H,2,15,17H2,1H3,(H,25,27). The van der Waals surface area contributed by atoms with Gasteiger partial charge in [0.2, 0.25) is 0 Å². The van der Waals surface area contributed by atoms with Crippen molar-refractivity contribution >= 4 is 29.1 Å². The molecule has 4 nitrogen and oxygen atoms in total. The summed E-state index contributed by atoms with van der Waals surface area (Å²) in [5, 5.41) is 2.91. The van der Waals surface area contributed by atoms with Crippen LogP contribution in [0.15, 0.2) is 83.8 Å². The number of amides is 1. The summed E-state index contributed by atoms with van der Waals surface area (Å²) in [6.07, 6.45) is 0.892. The van der Waals surface area contributed by atoms with Crippen LogP contribution < -0.4 is 10.1 Å². The SMILES string of the molecule is CCCOc1ccccc1NC(=O)c1cccc(SCC(=O)c2ccccc2)c1. The van der Waals surface area contributed by atoms with Gasteiger partial charge < -0.3 is 10.1 Å². The second-order valence-electron chi connectivity index (χ2n) is 6.40. The maximum atomic E-state index is 12.7. The zero-order valence-electron chi connectivity index (χ0n) is 16.3. The van der Waals surface area contributed by atoms with Gasteiger partial charge in [0, 0.05) is 16.0 Å². The third-order valence-electron chi connectivity index (χ3n) is 4.16. The smallest absolute Gasteiger partial charge is 0.255 e. The van der Waals surface area contributed by atoms with E-state index in [9.17, 15) is 9.59 Å². The minimum absolute atomic E-state index is 0.0625. The van der Waals surface area contributed by atoms with Crippen LogP contribution in [0.2, 0.25) is 0 Å². The highest BCUT2D eigenvalue weighted by Gasteiger charge is 2.11. The van der Waals surface area contributed by atoms with Crippen LogP contribution in [-0.4, -0.2) is 24.1 Å². The van der Waals surface area contributed by atoms with Crippen LogP contribution in [0.3, 0.4) is 0 Å². The Morgan fingerprint density at radius 3 is 2.41 bits per heavy atom. The molecule has 29 heavy (non-hydrogen) atoms. The molecule has 0 heterocycles. The Bertz CT molecular complexity index is 973. The number of hydrogen-bond acceptors (Lipinski definition) is 4. The lowest BCUT2D eigenvalue weighted by atomic mass is 10.2. The molecule has 0 aliphatic rings. The molecule has 0 aliphatic heterocycles. The second-order valence-corrected chi connectivity index (χ2v) is 7.45. The van der Waals surface area contributed by atoms with Crippen LogP contribution >= 0.6 is 11.8 Å². The zero-order valence-corrected chi connectivity index (χ0v) is 17.1. The van der Waals surface area contributed by atoms with Gasteiger partial charge in [0.15, 0.2) is 5.78 Å². The summed E-state index contributed by atoms with van der Waals surface area (Å²) < 4.78 is 5.70. The van der Waals surface area contributed by atoms with Gasteiger partial charge in [-0.25, -0.2) is 0 Å². The van der Waals surface area contributed by atoms with Crippen LogP contribution in [0.4, 0.5) is 5.69 Å². The topological polar surface area (TPSA) is 55.4 Å². The highest BCUT2D eigenvalue weighted by Crippen LogP contribution is 2.25. The van der Waals surface area contributed by atoms with Crippen molar-refractivity contribution in [3.63, 3.8) is 0 Å². The number of ketones is 1. The fourth-order valence-corrected chi connectivity index (χ4v) is 3.54.